The van der Waals surface area contributed by atoms with Gasteiger partial charge in [0, 0.05) is 10.2 Å². The molecule has 3 rings (SSSR count). The van der Waals surface area contributed by atoms with Crippen LogP contribution in [0.5, 0.6) is 5.75 Å². The van der Waals surface area contributed by atoms with Crippen LogP contribution < -0.4 is 20.9 Å². The summed E-state index contributed by atoms with van der Waals surface area (Å²) in [6, 6.07) is 11.0. The Labute approximate surface area is 162 Å². The molecule has 0 aliphatic heterocycles. The second-order valence-electron chi connectivity index (χ2n) is 5.57. The Bertz CT molecular complexity index is 1060. The van der Waals surface area contributed by atoms with Crippen LogP contribution >= 0.6 is 15.9 Å². The lowest BCUT2D eigenvalue weighted by molar-refractivity contribution is -0.120. The molecule has 0 fully saturated rings. The Morgan fingerprint density at radius 3 is 2.63 bits per heavy atom. The van der Waals surface area contributed by atoms with Crippen LogP contribution in [0.3, 0.4) is 0 Å². The molecule has 0 aliphatic carbocycles. The summed E-state index contributed by atoms with van der Waals surface area (Å²) in [4.78, 5) is 40.6. The van der Waals surface area contributed by atoms with E-state index < -0.39 is 11.9 Å². The maximum Gasteiger partial charge on any atom is 0.325 e. The number of amides is 3. The number of rotatable bonds is 4. The van der Waals surface area contributed by atoms with Crippen LogP contribution in [0.2, 0.25) is 0 Å². The standard InChI is InChI=1S/C18H15BrN4O4/c1-27-13-5-3-12(4-6-13)21-18(26)22-16(24)9-23-10-20-15-7-2-11(19)8-14(15)17(23)25/h2-8,10H,9H2,1H3,(H2,21,22,24,26). The van der Waals surface area contributed by atoms with Crippen molar-refractivity contribution in [1.29, 1.82) is 0 Å². The molecule has 27 heavy (non-hydrogen) atoms. The third-order valence-electron chi connectivity index (χ3n) is 3.70. The second-order valence-corrected chi connectivity index (χ2v) is 6.49. The van der Waals surface area contributed by atoms with Gasteiger partial charge >= 0.3 is 6.03 Å². The highest BCUT2D eigenvalue weighted by atomic mass is 79.9. The van der Waals surface area contributed by atoms with Crippen molar-refractivity contribution in [1.82, 2.24) is 14.9 Å². The van der Waals surface area contributed by atoms with Crippen LogP contribution in [-0.2, 0) is 11.3 Å². The monoisotopic (exact) mass is 430 g/mol. The smallest absolute Gasteiger partial charge is 0.325 e. The Kier molecular flexibility index (Phi) is 5.51. The van der Waals surface area contributed by atoms with Crippen LogP contribution in [0, 0.1) is 0 Å². The van der Waals surface area contributed by atoms with Crippen molar-refractivity contribution < 1.29 is 14.3 Å². The van der Waals surface area contributed by atoms with Gasteiger partial charge in [0.1, 0.15) is 12.3 Å². The zero-order valence-corrected chi connectivity index (χ0v) is 15.8. The molecule has 9 heteroatoms. The van der Waals surface area contributed by atoms with Crippen LogP contribution in [0.1, 0.15) is 0 Å². The molecule has 3 amide bonds. The van der Waals surface area contributed by atoms with E-state index in [9.17, 15) is 14.4 Å². The zero-order chi connectivity index (χ0) is 19.4. The topological polar surface area (TPSA) is 102 Å². The highest BCUT2D eigenvalue weighted by molar-refractivity contribution is 9.10. The minimum Gasteiger partial charge on any atom is -0.497 e. The Morgan fingerprint density at radius 2 is 1.93 bits per heavy atom. The molecule has 0 aliphatic rings. The number of hydrogen-bond acceptors (Lipinski definition) is 5. The third-order valence-corrected chi connectivity index (χ3v) is 4.19. The first kappa shape index (κ1) is 18.6. The van der Waals surface area contributed by atoms with Crippen molar-refractivity contribution in [3.63, 3.8) is 0 Å². The van der Waals surface area contributed by atoms with Gasteiger partial charge in [0.05, 0.1) is 24.3 Å². The van der Waals surface area contributed by atoms with E-state index in [0.717, 1.165) is 9.04 Å². The van der Waals surface area contributed by atoms with Gasteiger partial charge in [-0.3, -0.25) is 19.5 Å². The van der Waals surface area contributed by atoms with Crippen molar-refractivity contribution in [3.8, 4) is 5.75 Å². The van der Waals surface area contributed by atoms with E-state index in [1.807, 2.05) is 0 Å². The number of nitrogens with one attached hydrogen (secondary N) is 2. The molecule has 0 bridgehead atoms. The first-order valence-electron chi connectivity index (χ1n) is 7.86. The summed E-state index contributed by atoms with van der Waals surface area (Å²) >= 11 is 3.30. The highest BCUT2D eigenvalue weighted by Gasteiger charge is 2.11. The molecule has 8 nitrogen and oxygen atoms in total. The van der Waals surface area contributed by atoms with E-state index >= 15 is 0 Å². The number of ether oxygens (including phenoxy) is 1. The van der Waals surface area contributed by atoms with E-state index in [2.05, 4.69) is 31.5 Å². The fraction of sp³-hybridized carbons (Fsp3) is 0.111. The van der Waals surface area contributed by atoms with Crippen LogP contribution in [-0.4, -0.2) is 28.6 Å². The maximum absolute atomic E-state index is 12.5. The number of imide groups is 1. The molecule has 0 unspecified atom stereocenters. The molecule has 0 saturated heterocycles. The number of fused-ring (bicyclic) bond motifs is 1. The summed E-state index contributed by atoms with van der Waals surface area (Å²) in [6.07, 6.45) is 1.28. The number of benzene rings is 2. The number of hydrogen-bond donors (Lipinski definition) is 2. The first-order valence-corrected chi connectivity index (χ1v) is 8.65. The predicted octanol–water partition coefficient (Wildman–Crippen LogP) is 2.52. The van der Waals surface area contributed by atoms with E-state index in [-0.39, 0.29) is 12.1 Å². The predicted molar refractivity (Wildman–Crippen MR) is 104 cm³/mol. The number of carbonyl (C=O) groups excluding carboxylic acids is 2. The molecule has 2 aromatic carbocycles. The lowest BCUT2D eigenvalue weighted by Crippen LogP contribution is -2.38. The van der Waals surface area contributed by atoms with Crippen molar-refractivity contribution in [2.75, 3.05) is 12.4 Å². The summed E-state index contributed by atoms with van der Waals surface area (Å²) in [5.41, 5.74) is 0.652. The van der Waals surface area contributed by atoms with Gasteiger partial charge in [-0.15, -0.1) is 0 Å². The number of halogens is 1. The minimum absolute atomic E-state index is 0.329. The normalized spacial score (nSPS) is 10.4. The molecular weight excluding hydrogens is 416 g/mol. The molecule has 0 spiro atoms. The van der Waals surface area contributed by atoms with Gasteiger partial charge < -0.3 is 10.1 Å². The largest absolute Gasteiger partial charge is 0.497 e. The highest BCUT2D eigenvalue weighted by Crippen LogP contribution is 2.15. The lowest BCUT2D eigenvalue weighted by atomic mass is 10.2. The van der Waals surface area contributed by atoms with Crippen LogP contribution in [0.15, 0.2) is 58.1 Å². The van der Waals surface area contributed by atoms with Gasteiger partial charge in [-0.2, -0.15) is 0 Å². The molecule has 0 saturated carbocycles. The fourth-order valence-electron chi connectivity index (χ4n) is 2.40. The number of urea groups is 1. The SMILES string of the molecule is COc1ccc(NC(=O)NC(=O)Cn2cnc3ccc(Br)cc3c2=O)cc1. The summed E-state index contributed by atoms with van der Waals surface area (Å²) in [7, 11) is 1.54. The number of carbonyl (C=O) groups is 2. The van der Waals surface area contributed by atoms with E-state index in [0.29, 0.717) is 22.3 Å². The summed E-state index contributed by atoms with van der Waals surface area (Å²) in [5.74, 6) is 0.00566. The van der Waals surface area contributed by atoms with Gasteiger partial charge in [-0.05, 0) is 42.5 Å². The van der Waals surface area contributed by atoms with Crippen molar-refractivity contribution in [2.45, 2.75) is 6.54 Å². The summed E-state index contributed by atoms with van der Waals surface area (Å²) < 4.78 is 6.91. The number of aromatic nitrogens is 2. The second kappa shape index (κ2) is 8.00. The van der Waals surface area contributed by atoms with Crippen LogP contribution in [0.4, 0.5) is 10.5 Å². The van der Waals surface area contributed by atoms with E-state index in [1.54, 1.807) is 42.5 Å². The van der Waals surface area contributed by atoms with Crippen LogP contribution in [0.25, 0.3) is 10.9 Å². The average Bonchev–Trinajstić information content (AvgIpc) is 2.65. The van der Waals surface area contributed by atoms with Gasteiger partial charge in [-0.25, -0.2) is 9.78 Å². The Morgan fingerprint density at radius 1 is 1.19 bits per heavy atom. The summed E-state index contributed by atoms with van der Waals surface area (Å²) in [5, 5.41) is 5.08. The fourth-order valence-corrected chi connectivity index (χ4v) is 2.76. The van der Waals surface area contributed by atoms with Gasteiger partial charge in [0.25, 0.3) is 5.56 Å². The first-order chi connectivity index (χ1) is 13.0. The van der Waals surface area contributed by atoms with Crippen molar-refractivity contribution in [2.24, 2.45) is 0 Å². The van der Waals surface area contributed by atoms with Gasteiger partial charge in [0.2, 0.25) is 5.91 Å². The van der Waals surface area contributed by atoms with Crippen molar-refractivity contribution in [3.05, 3.63) is 63.6 Å². The van der Waals surface area contributed by atoms with Gasteiger partial charge in [0.15, 0.2) is 0 Å². The number of nitrogens with zero attached hydrogens (tertiary/aromatic N) is 2. The number of methoxy groups -OCH3 is 1. The molecule has 138 valence electrons. The van der Waals surface area contributed by atoms with Gasteiger partial charge in [-0.1, -0.05) is 15.9 Å². The quantitative estimate of drug-likeness (QED) is 0.661. The molecule has 2 N–H and O–H groups in total. The van der Waals surface area contributed by atoms with E-state index in [4.69, 9.17) is 4.74 Å². The summed E-state index contributed by atoms with van der Waals surface area (Å²) in [6.45, 7) is -0.329. The lowest BCUT2D eigenvalue weighted by Gasteiger charge is -2.09. The maximum atomic E-state index is 12.5. The molecule has 3 aromatic rings. The molecule has 1 heterocycles. The molecule has 0 radical (unpaired) electrons. The molecule has 1 aromatic heterocycles. The Hall–Kier alpha value is -3.20. The Balaban J connectivity index is 1.66. The number of anilines is 1. The zero-order valence-electron chi connectivity index (χ0n) is 14.2. The average molecular weight is 431 g/mol. The van der Waals surface area contributed by atoms with Crippen molar-refractivity contribution >= 4 is 44.5 Å². The third kappa shape index (κ3) is 4.50. The van der Waals surface area contributed by atoms with E-state index in [1.165, 1.54) is 13.4 Å². The minimum atomic E-state index is -0.699. The molecular formula is C18H15BrN4O4. The molecule has 0 atom stereocenters.